The first kappa shape index (κ1) is 27.7. The van der Waals surface area contributed by atoms with Crippen LogP contribution in [0.25, 0.3) is 0 Å². The summed E-state index contributed by atoms with van der Waals surface area (Å²) in [7, 11) is 1.90. The fourth-order valence-electron chi connectivity index (χ4n) is 4.75. The topological polar surface area (TPSA) is 26.8 Å². The Morgan fingerprint density at radius 2 is 1.81 bits per heavy atom. The Kier molecular flexibility index (Phi) is 9.90. The Bertz CT molecular complexity index is 1050. The van der Waals surface area contributed by atoms with Gasteiger partial charge in [-0.15, -0.1) is 13.2 Å². The molecule has 0 unspecified atom stereocenters. The Hall–Kier alpha value is -2.90. The van der Waals surface area contributed by atoms with Crippen molar-refractivity contribution in [2.24, 2.45) is 0 Å². The zero-order chi connectivity index (χ0) is 26.1. The van der Waals surface area contributed by atoms with Gasteiger partial charge in [-0.25, -0.2) is 0 Å². The maximum atomic E-state index is 13.6. The number of carbonyl (C=O) groups is 1. The van der Waals surface area contributed by atoms with Crippen LogP contribution >= 0.6 is 0 Å². The molecule has 0 saturated carbocycles. The van der Waals surface area contributed by atoms with E-state index in [1.54, 1.807) is 17.0 Å². The summed E-state index contributed by atoms with van der Waals surface area (Å²) in [5.41, 5.74) is 3.14. The number of likely N-dealkylation sites (N-methyl/N-ethyl adjacent to an activating group) is 1. The third-order valence-corrected chi connectivity index (χ3v) is 6.67. The number of hydrogen-bond acceptors (Lipinski definition) is 3. The zero-order valence-corrected chi connectivity index (χ0v) is 21.1. The molecule has 194 valence electrons. The number of aryl methyl sites for hydroxylation is 1. The van der Waals surface area contributed by atoms with Crippen molar-refractivity contribution >= 4 is 5.91 Å². The van der Waals surface area contributed by atoms with E-state index in [0.717, 1.165) is 37.7 Å². The van der Waals surface area contributed by atoms with E-state index >= 15 is 0 Å². The highest BCUT2D eigenvalue weighted by Crippen LogP contribution is 2.32. The van der Waals surface area contributed by atoms with Crippen molar-refractivity contribution in [2.45, 2.75) is 38.5 Å². The van der Waals surface area contributed by atoms with Gasteiger partial charge in [0, 0.05) is 52.2 Å². The Morgan fingerprint density at radius 3 is 2.53 bits per heavy atom. The normalized spacial score (nSPS) is 13.9. The van der Waals surface area contributed by atoms with Crippen LogP contribution in [-0.2, 0) is 36.9 Å². The summed E-state index contributed by atoms with van der Waals surface area (Å²) in [6.07, 6.45) is 0.955. The molecule has 0 atom stereocenters. The third-order valence-electron chi connectivity index (χ3n) is 6.67. The molecule has 2 aromatic carbocycles. The number of rotatable bonds is 12. The van der Waals surface area contributed by atoms with E-state index in [2.05, 4.69) is 30.2 Å². The van der Waals surface area contributed by atoms with Crippen LogP contribution in [0.5, 0.6) is 0 Å². The maximum Gasteiger partial charge on any atom is 0.416 e. The lowest BCUT2D eigenvalue weighted by Crippen LogP contribution is -2.38. The number of alkyl halides is 3. The van der Waals surface area contributed by atoms with E-state index in [9.17, 15) is 18.0 Å². The van der Waals surface area contributed by atoms with Crippen molar-refractivity contribution in [3.8, 4) is 0 Å². The molecule has 0 spiro atoms. The highest BCUT2D eigenvalue weighted by Gasteiger charge is 2.33. The van der Waals surface area contributed by atoms with Gasteiger partial charge in [0.25, 0.3) is 0 Å². The lowest BCUT2D eigenvalue weighted by atomic mass is 9.92. The average molecular weight is 500 g/mol. The van der Waals surface area contributed by atoms with Crippen LogP contribution in [0.2, 0.25) is 0 Å². The summed E-state index contributed by atoms with van der Waals surface area (Å²) in [5, 5.41) is 0. The minimum absolute atomic E-state index is 0.0696. The molecule has 3 rings (SSSR count). The molecule has 4 nitrogen and oxygen atoms in total. The molecule has 0 radical (unpaired) electrons. The van der Waals surface area contributed by atoms with Gasteiger partial charge in [-0.1, -0.05) is 48.6 Å². The van der Waals surface area contributed by atoms with E-state index < -0.39 is 11.7 Å². The monoisotopic (exact) mass is 499 g/mol. The predicted octanol–water partition coefficient (Wildman–Crippen LogP) is 5.33. The van der Waals surface area contributed by atoms with Crippen molar-refractivity contribution in [2.75, 3.05) is 39.8 Å². The molecule has 0 bridgehead atoms. The molecule has 0 aromatic heterocycles. The van der Waals surface area contributed by atoms with Crippen molar-refractivity contribution < 1.29 is 18.0 Å². The van der Waals surface area contributed by atoms with Crippen molar-refractivity contribution in [3.63, 3.8) is 0 Å². The average Bonchev–Trinajstić information content (AvgIpc) is 2.85. The molecule has 0 saturated heterocycles. The molecule has 1 amide bonds. The first-order valence-corrected chi connectivity index (χ1v) is 12.4. The first-order chi connectivity index (χ1) is 17.2. The van der Waals surface area contributed by atoms with Gasteiger partial charge in [-0.2, -0.15) is 13.2 Å². The minimum atomic E-state index is -4.46. The molecule has 1 heterocycles. The first-order valence-electron chi connectivity index (χ1n) is 12.4. The summed E-state index contributed by atoms with van der Waals surface area (Å²) < 4.78 is 40.8. The molecule has 0 fully saturated rings. The van der Waals surface area contributed by atoms with Gasteiger partial charge >= 0.3 is 6.18 Å². The second-order valence-electron chi connectivity index (χ2n) is 9.35. The zero-order valence-electron chi connectivity index (χ0n) is 21.1. The lowest BCUT2D eigenvalue weighted by Gasteiger charge is -2.29. The smallest absolute Gasteiger partial charge is 0.337 e. The molecule has 1 aliphatic rings. The molecule has 2 aromatic rings. The molecule has 36 heavy (non-hydrogen) atoms. The second-order valence-corrected chi connectivity index (χ2v) is 9.35. The Morgan fingerprint density at radius 1 is 1.06 bits per heavy atom. The molecular weight excluding hydrogens is 463 g/mol. The van der Waals surface area contributed by atoms with Crippen molar-refractivity contribution in [1.82, 2.24) is 14.7 Å². The van der Waals surface area contributed by atoms with E-state index in [1.165, 1.54) is 23.3 Å². The Balaban J connectivity index is 1.74. The van der Waals surface area contributed by atoms with Gasteiger partial charge < -0.3 is 9.80 Å². The maximum absolute atomic E-state index is 13.6. The molecular formula is C29H36F3N3O. The fourth-order valence-corrected chi connectivity index (χ4v) is 4.75. The van der Waals surface area contributed by atoms with Gasteiger partial charge in [0.1, 0.15) is 0 Å². The van der Waals surface area contributed by atoms with Crippen LogP contribution in [0, 0.1) is 0 Å². The van der Waals surface area contributed by atoms with Crippen LogP contribution in [0.15, 0.2) is 67.8 Å². The molecule has 1 aliphatic heterocycles. The third kappa shape index (κ3) is 7.55. The number of benzene rings is 2. The number of carbonyl (C=O) groups excluding carboxylic acids is 1. The molecule has 0 N–H and O–H groups in total. The van der Waals surface area contributed by atoms with Gasteiger partial charge in [-0.3, -0.25) is 9.69 Å². The number of nitrogens with zero attached hydrogens (tertiary/aromatic N) is 3. The number of halogens is 3. The summed E-state index contributed by atoms with van der Waals surface area (Å²) >= 11 is 0. The molecule has 0 aliphatic carbocycles. The standard InChI is InChI=1S/C29H36F3N3O/c1-4-16-33(3)19-20-35(22-25-9-6-7-12-27(25)29(30,31)32)28(36)14-13-23-10-8-11-24-21-34(17-5-2)18-15-26(23)24/h4-12H,1-2,13-22H2,3H3. The SMILES string of the molecule is C=CCN(C)CCN(Cc1ccccc1C(F)(F)F)C(=O)CCc1cccc2c1CCN(CC=C)C2. The summed E-state index contributed by atoms with van der Waals surface area (Å²) in [5.74, 6) is -0.138. The predicted molar refractivity (Wildman–Crippen MR) is 138 cm³/mol. The van der Waals surface area contributed by atoms with E-state index in [1.807, 2.05) is 24.1 Å². The van der Waals surface area contributed by atoms with Gasteiger partial charge in [0.2, 0.25) is 5.91 Å². The van der Waals surface area contributed by atoms with Gasteiger partial charge in [-0.05, 0) is 48.2 Å². The van der Waals surface area contributed by atoms with Crippen molar-refractivity contribution in [3.05, 3.63) is 95.6 Å². The van der Waals surface area contributed by atoms with Crippen LogP contribution in [0.4, 0.5) is 13.2 Å². The quantitative estimate of drug-likeness (QED) is 0.370. The van der Waals surface area contributed by atoms with E-state index in [0.29, 0.717) is 26.1 Å². The fraction of sp³-hybridized carbons (Fsp3) is 0.414. The van der Waals surface area contributed by atoms with Crippen LogP contribution in [-0.4, -0.2) is 60.4 Å². The summed E-state index contributed by atoms with van der Waals surface area (Å²) in [4.78, 5) is 19.2. The Labute approximate surface area is 212 Å². The molecule has 7 heteroatoms. The van der Waals surface area contributed by atoms with Crippen molar-refractivity contribution in [1.29, 1.82) is 0 Å². The van der Waals surface area contributed by atoms with Gasteiger partial charge in [0.15, 0.2) is 0 Å². The van der Waals surface area contributed by atoms with Crippen LogP contribution < -0.4 is 0 Å². The second kappa shape index (κ2) is 12.9. The van der Waals surface area contributed by atoms with Crippen LogP contribution in [0.1, 0.15) is 34.2 Å². The number of fused-ring (bicyclic) bond motifs is 1. The van der Waals surface area contributed by atoms with Crippen LogP contribution in [0.3, 0.4) is 0 Å². The van der Waals surface area contributed by atoms with E-state index in [-0.39, 0.29) is 24.4 Å². The number of amides is 1. The largest absolute Gasteiger partial charge is 0.416 e. The van der Waals surface area contributed by atoms with Gasteiger partial charge in [0.05, 0.1) is 5.56 Å². The summed E-state index contributed by atoms with van der Waals surface area (Å²) in [6.45, 7) is 11.7. The summed E-state index contributed by atoms with van der Waals surface area (Å²) in [6, 6.07) is 11.7. The highest BCUT2D eigenvalue weighted by molar-refractivity contribution is 5.76. The van der Waals surface area contributed by atoms with E-state index in [4.69, 9.17) is 0 Å². The lowest BCUT2D eigenvalue weighted by molar-refractivity contribution is -0.140. The number of hydrogen-bond donors (Lipinski definition) is 0. The minimum Gasteiger partial charge on any atom is -0.337 e. The highest BCUT2D eigenvalue weighted by atomic mass is 19.4.